The molecule has 0 saturated carbocycles. The first-order valence-corrected chi connectivity index (χ1v) is 9.89. The molecule has 3 aromatic rings. The molecule has 0 fully saturated rings. The number of nitrogens with zero attached hydrogens (tertiary/aromatic N) is 5. The lowest BCUT2D eigenvalue weighted by molar-refractivity contribution is -0.0963. The largest absolute Gasteiger partial charge is 0.496 e. The summed E-state index contributed by atoms with van der Waals surface area (Å²) in [6, 6.07) is 5.24. The van der Waals surface area contributed by atoms with Crippen molar-refractivity contribution >= 4 is 22.6 Å². The van der Waals surface area contributed by atoms with Crippen LogP contribution in [0.1, 0.15) is 31.1 Å². The summed E-state index contributed by atoms with van der Waals surface area (Å²) in [5.74, 6) is 0.474. The molecule has 1 aliphatic heterocycles. The third-order valence-electron chi connectivity index (χ3n) is 5.04. The summed E-state index contributed by atoms with van der Waals surface area (Å²) in [6.07, 6.45) is -0.806. The van der Waals surface area contributed by atoms with E-state index in [1.54, 1.807) is 34.1 Å². The average Bonchev–Trinajstić information content (AvgIpc) is 3.33. The number of alkyl halides is 3. The lowest BCUT2D eigenvalue weighted by Gasteiger charge is -2.30. The molecule has 0 aliphatic carbocycles. The van der Waals surface area contributed by atoms with Crippen LogP contribution in [0.25, 0.3) is 11.0 Å². The highest BCUT2D eigenvalue weighted by molar-refractivity contribution is 6.28. The van der Waals surface area contributed by atoms with E-state index in [1.165, 1.54) is 7.11 Å². The fourth-order valence-electron chi connectivity index (χ4n) is 3.54. The van der Waals surface area contributed by atoms with Crippen LogP contribution in [0, 0.1) is 0 Å². The number of aromatic nitrogens is 4. The van der Waals surface area contributed by atoms with Crippen LogP contribution in [-0.4, -0.2) is 44.0 Å². The molecule has 0 radical (unpaired) electrons. The molecule has 1 N–H and O–H groups in total. The van der Waals surface area contributed by atoms with Gasteiger partial charge in [0.15, 0.2) is 5.65 Å². The second-order valence-corrected chi connectivity index (χ2v) is 7.76. The zero-order valence-corrected chi connectivity index (χ0v) is 17.7. The summed E-state index contributed by atoms with van der Waals surface area (Å²) >= 11 is 5.89. The Balaban J connectivity index is 1.65. The number of hydrogen-bond acceptors (Lipinski definition) is 6. The molecule has 1 unspecified atom stereocenters. The SMILES string of the molecule is COc1cc(Cn2ncc3cnc(Cl)nc32)ccc1C1NC(C(F)(F)F)=CN1C(C)C. The first-order chi connectivity index (χ1) is 14.7. The lowest BCUT2D eigenvalue weighted by Crippen LogP contribution is -2.34. The van der Waals surface area contributed by atoms with Gasteiger partial charge in [-0.3, -0.25) is 0 Å². The van der Waals surface area contributed by atoms with Gasteiger partial charge >= 0.3 is 6.18 Å². The quantitative estimate of drug-likeness (QED) is 0.584. The van der Waals surface area contributed by atoms with E-state index < -0.39 is 18.0 Å². The molecule has 0 saturated heterocycles. The van der Waals surface area contributed by atoms with Gasteiger partial charge in [0.1, 0.15) is 17.6 Å². The van der Waals surface area contributed by atoms with Crippen molar-refractivity contribution in [3.05, 3.63) is 58.9 Å². The van der Waals surface area contributed by atoms with Crippen molar-refractivity contribution in [2.24, 2.45) is 0 Å². The Morgan fingerprint density at radius 3 is 2.71 bits per heavy atom. The highest BCUT2D eigenvalue weighted by Crippen LogP contribution is 2.38. The predicted octanol–water partition coefficient (Wildman–Crippen LogP) is 4.25. The van der Waals surface area contributed by atoms with E-state index in [0.29, 0.717) is 23.5 Å². The number of ether oxygens (including phenoxy) is 1. The van der Waals surface area contributed by atoms with Crippen molar-refractivity contribution in [1.29, 1.82) is 0 Å². The highest BCUT2D eigenvalue weighted by Gasteiger charge is 2.42. The molecule has 7 nitrogen and oxygen atoms in total. The molecule has 0 spiro atoms. The Morgan fingerprint density at radius 2 is 2.03 bits per heavy atom. The van der Waals surface area contributed by atoms with Gasteiger partial charge in [0.2, 0.25) is 5.28 Å². The molecular formula is C20H20ClF3N6O. The smallest absolute Gasteiger partial charge is 0.432 e. The fraction of sp³-hybridized carbons (Fsp3) is 0.350. The van der Waals surface area contributed by atoms with Crippen LogP contribution < -0.4 is 10.1 Å². The Morgan fingerprint density at radius 1 is 1.26 bits per heavy atom. The Labute approximate surface area is 181 Å². The molecule has 0 amide bonds. The molecule has 11 heteroatoms. The van der Waals surface area contributed by atoms with Crippen LogP contribution in [-0.2, 0) is 6.54 Å². The lowest BCUT2D eigenvalue weighted by atomic mass is 10.1. The number of methoxy groups -OCH3 is 1. The normalized spacial score (nSPS) is 16.7. The standard InChI is InChI=1S/C20H20ClF3N6O/c1-11(2)29-10-16(20(22,23)24)27-18(29)14-5-4-12(6-15(14)31-3)9-30-17-13(8-26-30)7-25-19(21)28-17/h4-8,10-11,18,27H,9H2,1-3H3. The summed E-state index contributed by atoms with van der Waals surface area (Å²) < 4.78 is 47.0. The number of allylic oxidation sites excluding steroid dienone is 1. The molecule has 1 atom stereocenters. The van der Waals surface area contributed by atoms with Crippen molar-refractivity contribution in [2.75, 3.05) is 7.11 Å². The second-order valence-electron chi connectivity index (χ2n) is 7.42. The molecule has 1 aliphatic rings. The van der Waals surface area contributed by atoms with Gasteiger partial charge in [-0.1, -0.05) is 12.1 Å². The Hall–Kier alpha value is -3.01. The van der Waals surface area contributed by atoms with Crippen molar-refractivity contribution in [2.45, 2.75) is 38.8 Å². The number of hydrogen-bond donors (Lipinski definition) is 1. The van der Waals surface area contributed by atoms with Crippen molar-refractivity contribution in [1.82, 2.24) is 30.0 Å². The molecule has 164 valence electrons. The predicted molar refractivity (Wildman–Crippen MR) is 109 cm³/mol. The molecule has 2 aromatic heterocycles. The van der Waals surface area contributed by atoms with Gasteiger partial charge in [-0.25, -0.2) is 9.67 Å². The second kappa shape index (κ2) is 7.92. The van der Waals surface area contributed by atoms with E-state index in [1.807, 2.05) is 19.9 Å². The van der Waals surface area contributed by atoms with E-state index in [-0.39, 0.29) is 11.3 Å². The molecule has 0 bridgehead atoms. The van der Waals surface area contributed by atoms with Crippen molar-refractivity contribution in [3.63, 3.8) is 0 Å². The summed E-state index contributed by atoms with van der Waals surface area (Å²) in [5, 5.41) is 7.77. The van der Waals surface area contributed by atoms with Crippen LogP contribution in [0.2, 0.25) is 5.28 Å². The van der Waals surface area contributed by atoms with E-state index >= 15 is 0 Å². The molecular weight excluding hydrogens is 433 g/mol. The summed E-state index contributed by atoms with van der Waals surface area (Å²) in [4.78, 5) is 9.77. The minimum Gasteiger partial charge on any atom is -0.496 e. The third kappa shape index (κ3) is 4.12. The molecule has 4 rings (SSSR count). The van der Waals surface area contributed by atoms with Crippen LogP contribution in [0.15, 0.2) is 42.5 Å². The Kier molecular flexibility index (Phi) is 5.42. The average molecular weight is 453 g/mol. The summed E-state index contributed by atoms with van der Waals surface area (Å²) in [7, 11) is 1.49. The third-order valence-corrected chi connectivity index (χ3v) is 5.22. The molecule has 31 heavy (non-hydrogen) atoms. The van der Waals surface area contributed by atoms with Gasteiger partial charge in [0.25, 0.3) is 0 Å². The van der Waals surface area contributed by atoms with Crippen LogP contribution in [0.5, 0.6) is 5.75 Å². The minimum absolute atomic E-state index is 0.122. The zero-order chi connectivity index (χ0) is 22.3. The maximum Gasteiger partial charge on any atom is 0.432 e. The van der Waals surface area contributed by atoms with Crippen LogP contribution in [0.3, 0.4) is 0 Å². The molecule has 3 heterocycles. The van der Waals surface area contributed by atoms with E-state index in [0.717, 1.165) is 17.1 Å². The van der Waals surface area contributed by atoms with Gasteiger partial charge in [-0.05, 0) is 37.1 Å². The van der Waals surface area contributed by atoms with E-state index in [9.17, 15) is 13.2 Å². The fourth-order valence-corrected chi connectivity index (χ4v) is 3.67. The zero-order valence-electron chi connectivity index (χ0n) is 17.0. The van der Waals surface area contributed by atoms with Gasteiger partial charge in [0.05, 0.1) is 25.2 Å². The number of rotatable bonds is 5. The molecule has 1 aromatic carbocycles. The maximum atomic E-state index is 13.3. The summed E-state index contributed by atoms with van der Waals surface area (Å²) in [5.41, 5.74) is 1.26. The van der Waals surface area contributed by atoms with Crippen molar-refractivity contribution < 1.29 is 17.9 Å². The van der Waals surface area contributed by atoms with Gasteiger partial charge in [0, 0.05) is 24.0 Å². The summed E-state index contributed by atoms with van der Waals surface area (Å²) in [6.45, 7) is 4.05. The van der Waals surface area contributed by atoms with E-state index in [4.69, 9.17) is 16.3 Å². The number of fused-ring (bicyclic) bond motifs is 1. The van der Waals surface area contributed by atoms with Crippen LogP contribution >= 0.6 is 11.6 Å². The first-order valence-electron chi connectivity index (χ1n) is 9.51. The number of halogens is 4. The minimum atomic E-state index is -4.46. The Bertz CT molecular complexity index is 1140. The maximum absolute atomic E-state index is 13.3. The van der Waals surface area contributed by atoms with Gasteiger partial charge in [-0.15, -0.1) is 0 Å². The van der Waals surface area contributed by atoms with Gasteiger partial charge in [-0.2, -0.15) is 23.3 Å². The highest BCUT2D eigenvalue weighted by atomic mass is 35.5. The first kappa shape index (κ1) is 21.2. The number of nitrogens with one attached hydrogen (secondary N) is 1. The van der Waals surface area contributed by atoms with Gasteiger partial charge < -0.3 is 15.0 Å². The monoisotopic (exact) mass is 452 g/mol. The van der Waals surface area contributed by atoms with Crippen LogP contribution in [0.4, 0.5) is 13.2 Å². The number of benzene rings is 1. The van der Waals surface area contributed by atoms with Crippen molar-refractivity contribution in [3.8, 4) is 5.75 Å². The van der Waals surface area contributed by atoms with E-state index in [2.05, 4.69) is 20.4 Å². The topological polar surface area (TPSA) is 68.1 Å².